The van der Waals surface area contributed by atoms with E-state index < -0.39 is 5.60 Å². The molecule has 0 rings (SSSR count). The molecular weight excluding hydrogens is 310 g/mol. The number of ether oxygens (including phenoxy) is 1. The highest BCUT2D eigenvalue weighted by Gasteiger charge is 2.27. The molecule has 0 unspecified atom stereocenters. The van der Waals surface area contributed by atoms with Gasteiger partial charge in [-0.05, 0) is 20.3 Å². The molecule has 4 nitrogen and oxygen atoms in total. The largest absolute Gasteiger partial charge is 0.374 e. The average Bonchev–Trinajstić information content (AvgIpc) is 2.34. The third-order valence-electron chi connectivity index (χ3n) is 3.13. The SMILES string of the molecule is CCC(=O)C(C)(C)CCOC(C)(C)CNC(=O)CBr. The highest BCUT2D eigenvalue weighted by molar-refractivity contribution is 9.09. The number of amides is 1. The topological polar surface area (TPSA) is 55.4 Å². The second kappa shape index (κ2) is 8.00. The normalized spacial score (nSPS) is 12.3. The minimum absolute atomic E-state index is 0.0573. The number of rotatable bonds is 9. The number of nitrogens with one attached hydrogen (secondary N) is 1. The number of ketones is 1. The maximum absolute atomic E-state index is 11.7. The standard InChI is InChI=1S/C14H26BrNO3/c1-6-11(17)13(2,3)7-8-19-14(4,5)10-16-12(18)9-15/h6-10H2,1-5H3,(H,16,18). The molecule has 0 aliphatic rings. The van der Waals surface area contributed by atoms with E-state index in [4.69, 9.17) is 4.74 Å². The zero-order chi connectivity index (χ0) is 15.1. The van der Waals surface area contributed by atoms with E-state index in [2.05, 4.69) is 21.2 Å². The van der Waals surface area contributed by atoms with E-state index >= 15 is 0 Å². The van der Waals surface area contributed by atoms with Crippen LogP contribution in [0.5, 0.6) is 0 Å². The minimum Gasteiger partial charge on any atom is -0.374 e. The summed E-state index contributed by atoms with van der Waals surface area (Å²) in [5, 5.41) is 3.07. The number of carbonyl (C=O) groups excluding carboxylic acids is 2. The van der Waals surface area contributed by atoms with Crippen molar-refractivity contribution in [1.29, 1.82) is 0 Å². The van der Waals surface area contributed by atoms with E-state index in [-0.39, 0.29) is 17.1 Å². The van der Waals surface area contributed by atoms with Crippen LogP contribution in [0.4, 0.5) is 0 Å². The van der Waals surface area contributed by atoms with Crippen LogP contribution < -0.4 is 5.32 Å². The predicted molar refractivity (Wildman–Crippen MR) is 80.5 cm³/mol. The van der Waals surface area contributed by atoms with Crippen LogP contribution in [0, 0.1) is 5.41 Å². The molecule has 1 amide bonds. The van der Waals surface area contributed by atoms with Gasteiger partial charge in [-0.3, -0.25) is 9.59 Å². The van der Waals surface area contributed by atoms with Crippen molar-refractivity contribution >= 4 is 27.6 Å². The monoisotopic (exact) mass is 335 g/mol. The van der Waals surface area contributed by atoms with Crippen LogP contribution in [0.15, 0.2) is 0 Å². The maximum Gasteiger partial charge on any atom is 0.230 e. The lowest BCUT2D eigenvalue weighted by Gasteiger charge is -2.28. The summed E-state index contributed by atoms with van der Waals surface area (Å²) in [7, 11) is 0. The van der Waals surface area contributed by atoms with Crippen molar-refractivity contribution < 1.29 is 14.3 Å². The van der Waals surface area contributed by atoms with Gasteiger partial charge in [-0.1, -0.05) is 36.7 Å². The summed E-state index contributed by atoms with van der Waals surface area (Å²) < 4.78 is 5.77. The van der Waals surface area contributed by atoms with Gasteiger partial charge in [-0.2, -0.15) is 0 Å². The number of alkyl halides is 1. The van der Waals surface area contributed by atoms with Gasteiger partial charge in [0.1, 0.15) is 5.78 Å². The van der Waals surface area contributed by atoms with Crippen molar-refractivity contribution in [3.8, 4) is 0 Å². The van der Waals surface area contributed by atoms with E-state index in [9.17, 15) is 9.59 Å². The highest BCUT2D eigenvalue weighted by Crippen LogP contribution is 2.24. The Kier molecular flexibility index (Phi) is 7.82. The van der Waals surface area contributed by atoms with Crippen molar-refractivity contribution in [3.05, 3.63) is 0 Å². The van der Waals surface area contributed by atoms with Gasteiger partial charge < -0.3 is 10.1 Å². The lowest BCUT2D eigenvalue weighted by Crippen LogP contribution is -2.41. The number of halogens is 1. The number of hydrogen-bond donors (Lipinski definition) is 1. The Morgan fingerprint density at radius 1 is 1.21 bits per heavy atom. The zero-order valence-corrected chi connectivity index (χ0v) is 14.2. The van der Waals surface area contributed by atoms with Crippen LogP contribution >= 0.6 is 15.9 Å². The Bertz CT molecular complexity index is 314. The zero-order valence-electron chi connectivity index (χ0n) is 12.6. The Balaban J connectivity index is 4.11. The Morgan fingerprint density at radius 2 is 1.79 bits per heavy atom. The van der Waals surface area contributed by atoms with E-state index in [1.165, 1.54) is 0 Å². The lowest BCUT2D eigenvalue weighted by molar-refractivity contribution is -0.128. The van der Waals surface area contributed by atoms with Gasteiger partial charge in [-0.25, -0.2) is 0 Å². The summed E-state index contributed by atoms with van der Waals surface area (Å²) in [6.07, 6.45) is 1.24. The predicted octanol–water partition coefficient (Wildman–Crippen LogP) is 2.69. The smallest absolute Gasteiger partial charge is 0.230 e. The van der Waals surface area contributed by atoms with Gasteiger partial charge in [0.15, 0.2) is 0 Å². The molecule has 0 saturated carbocycles. The summed E-state index contributed by atoms with van der Waals surface area (Å²) in [5.41, 5.74) is -0.771. The van der Waals surface area contributed by atoms with Crippen LogP contribution in [0.2, 0.25) is 0 Å². The molecule has 0 atom stereocenters. The number of Topliss-reactive ketones (excluding diaryl/α,β-unsaturated/α-hetero) is 1. The average molecular weight is 336 g/mol. The quantitative estimate of drug-likeness (QED) is 0.659. The maximum atomic E-state index is 11.7. The van der Waals surface area contributed by atoms with Crippen molar-refractivity contribution in [2.75, 3.05) is 18.5 Å². The van der Waals surface area contributed by atoms with Gasteiger partial charge in [0, 0.05) is 25.0 Å². The lowest BCUT2D eigenvalue weighted by atomic mass is 9.83. The van der Waals surface area contributed by atoms with E-state index in [0.717, 1.165) is 0 Å². The molecule has 19 heavy (non-hydrogen) atoms. The summed E-state index contributed by atoms with van der Waals surface area (Å²) in [4.78, 5) is 22.9. The van der Waals surface area contributed by atoms with Gasteiger partial charge in [-0.15, -0.1) is 0 Å². The van der Waals surface area contributed by atoms with Crippen LogP contribution in [-0.2, 0) is 14.3 Å². The van der Waals surface area contributed by atoms with Crippen LogP contribution in [0.25, 0.3) is 0 Å². The van der Waals surface area contributed by atoms with E-state index in [1.807, 2.05) is 34.6 Å². The number of hydrogen-bond acceptors (Lipinski definition) is 3. The molecule has 0 heterocycles. The van der Waals surface area contributed by atoms with Gasteiger partial charge in [0.2, 0.25) is 5.91 Å². The molecule has 0 radical (unpaired) electrons. The Labute approximate surface area is 124 Å². The second-order valence-electron chi connectivity index (χ2n) is 5.93. The van der Waals surface area contributed by atoms with E-state index in [1.54, 1.807) is 0 Å². The van der Waals surface area contributed by atoms with Crippen LogP contribution in [-0.4, -0.2) is 35.8 Å². The third kappa shape index (κ3) is 7.67. The first kappa shape index (κ1) is 18.6. The summed E-state index contributed by atoms with van der Waals surface area (Å²) >= 11 is 3.09. The first-order valence-electron chi connectivity index (χ1n) is 6.64. The molecule has 0 bridgehead atoms. The molecule has 0 aliphatic carbocycles. The Morgan fingerprint density at radius 3 is 2.26 bits per heavy atom. The fourth-order valence-corrected chi connectivity index (χ4v) is 1.81. The molecule has 0 aliphatic heterocycles. The fraction of sp³-hybridized carbons (Fsp3) is 0.857. The molecule has 0 aromatic rings. The fourth-order valence-electron chi connectivity index (χ4n) is 1.61. The molecular formula is C14H26BrNO3. The van der Waals surface area contributed by atoms with Gasteiger partial charge in [0.25, 0.3) is 0 Å². The first-order chi connectivity index (χ1) is 8.64. The summed E-state index contributed by atoms with van der Waals surface area (Å²) in [6.45, 7) is 10.6. The minimum atomic E-state index is -0.427. The summed E-state index contributed by atoms with van der Waals surface area (Å²) in [6, 6.07) is 0. The molecule has 0 aromatic heterocycles. The van der Waals surface area contributed by atoms with Crippen molar-refractivity contribution in [2.24, 2.45) is 5.41 Å². The Hall–Kier alpha value is -0.420. The molecule has 0 fully saturated rings. The van der Waals surface area contributed by atoms with Crippen molar-refractivity contribution in [2.45, 2.75) is 53.1 Å². The first-order valence-corrected chi connectivity index (χ1v) is 7.76. The molecule has 1 N–H and O–H groups in total. The molecule has 112 valence electrons. The molecule has 0 aromatic carbocycles. The second-order valence-corrected chi connectivity index (χ2v) is 6.49. The van der Waals surface area contributed by atoms with Crippen molar-refractivity contribution in [3.63, 3.8) is 0 Å². The van der Waals surface area contributed by atoms with E-state index in [0.29, 0.717) is 31.3 Å². The highest BCUT2D eigenvalue weighted by atomic mass is 79.9. The summed E-state index contributed by atoms with van der Waals surface area (Å²) in [5.74, 6) is 0.194. The van der Waals surface area contributed by atoms with Crippen LogP contribution in [0.3, 0.4) is 0 Å². The van der Waals surface area contributed by atoms with Crippen LogP contribution in [0.1, 0.15) is 47.5 Å². The molecule has 5 heteroatoms. The number of carbonyl (C=O) groups is 2. The molecule has 0 spiro atoms. The third-order valence-corrected chi connectivity index (χ3v) is 3.64. The van der Waals surface area contributed by atoms with Gasteiger partial charge >= 0.3 is 0 Å². The van der Waals surface area contributed by atoms with Crippen molar-refractivity contribution in [1.82, 2.24) is 5.32 Å². The van der Waals surface area contributed by atoms with Gasteiger partial charge in [0.05, 0.1) is 10.9 Å². The molecule has 0 saturated heterocycles.